The molecule has 1 aromatic rings. The number of hydrogen-bond donors (Lipinski definition) is 0. The average molecular weight is 265 g/mol. The largest absolute Gasteiger partial charge is 0.378 e. The summed E-state index contributed by atoms with van der Waals surface area (Å²) in [6, 6.07) is 4.28. The van der Waals surface area contributed by atoms with Gasteiger partial charge < -0.3 is 14.5 Å². The Morgan fingerprint density at radius 2 is 1.74 bits per heavy atom. The van der Waals surface area contributed by atoms with Gasteiger partial charge in [0.05, 0.1) is 25.1 Å². The van der Waals surface area contributed by atoms with E-state index in [4.69, 9.17) is 4.74 Å². The van der Waals surface area contributed by atoms with E-state index in [9.17, 15) is 0 Å². The van der Waals surface area contributed by atoms with E-state index in [1.54, 1.807) is 0 Å². The van der Waals surface area contributed by atoms with Crippen molar-refractivity contribution in [2.75, 3.05) is 52.3 Å². The number of hydrogen-bond acceptors (Lipinski definition) is 4. The molecule has 2 rings (SSSR count). The van der Waals surface area contributed by atoms with Crippen LogP contribution < -0.4 is 4.90 Å². The molecule has 0 saturated carbocycles. The molecule has 0 aromatic carbocycles. The molecule has 0 amide bonds. The summed E-state index contributed by atoms with van der Waals surface area (Å²) in [5, 5.41) is 0. The molecule has 1 aliphatic rings. The van der Waals surface area contributed by atoms with Gasteiger partial charge in [-0.05, 0) is 39.2 Å². The highest BCUT2D eigenvalue weighted by Crippen LogP contribution is 2.17. The number of rotatable bonds is 2. The van der Waals surface area contributed by atoms with Gasteiger partial charge in [0.1, 0.15) is 0 Å². The third-order valence-electron chi connectivity index (χ3n) is 2.74. The molecule has 1 fully saturated rings. The summed E-state index contributed by atoms with van der Waals surface area (Å²) in [6.07, 6.45) is 1.97. The Labute approximate surface area is 117 Å². The zero-order valence-electron chi connectivity index (χ0n) is 12.9. The Bertz CT molecular complexity index is 340. The molecule has 0 aliphatic carbocycles. The summed E-state index contributed by atoms with van der Waals surface area (Å²) in [7, 11) is 6.00. The zero-order valence-corrected chi connectivity index (χ0v) is 12.9. The van der Waals surface area contributed by atoms with Crippen LogP contribution in [0.1, 0.15) is 25.5 Å². The summed E-state index contributed by atoms with van der Waals surface area (Å²) < 4.78 is 5.32. The molecule has 0 radical (unpaired) electrons. The lowest BCUT2D eigenvalue weighted by atomic mass is 10.1. The van der Waals surface area contributed by atoms with Crippen molar-refractivity contribution in [1.29, 1.82) is 0 Å². The van der Waals surface area contributed by atoms with Crippen LogP contribution in [0, 0.1) is 0 Å². The third-order valence-corrected chi connectivity index (χ3v) is 2.74. The van der Waals surface area contributed by atoms with Gasteiger partial charge in [-0.2, -0.15) is 0 Å². The number of anilines is 1. The maximum atomic E-state index is 5.32. The normalized spacial score (nSPS) is 15.4. The maximum absolute atomic E-state index is 5.32. The SMILES string of the molecule is CC(C)c1ccc(N2CCOCC2)cn1.CN(C)C. The molecule has 2 heterocycles. The molecule has 0 spiro atoms. The van der Waals surface area contributed by atoms with Crippen LogP contribution in [0.4, 0.5) is 5.69 Å². The second-order valence-corrected chi connectivity index (χ2v) is 5.54. The van der Waals surface area contributed by atoms with E-state index in [-0.39, 0.29) is 0 Å². The molecular weight excluding hydrogens is 238 g/mol. The van der Waals surface area contributed by atoms with E-state index < -0.39 is 0 Å². The van der Waals surface area contributed by atoms with Crippen LogP contribution in [0.5, 0.6) is 0 Å². The monoisotopic (exact) mass is 265 g/mol. The van der Waals surface area contributed by atoms with Crippen LogP contribution in [0.3, 0.4) is 0 Å². The molecule has 108 valence electrons. The summed E-state index contributed by atoms with van der Waals surface area (Å²) in [5.41, 5.74) is 2.37. The van der Waals surface area contributed by atoms with Gasteiger partial charge in [0.25, 0.3) is 0 Å². The smallest absolute Gasteiger partial charge is 0.0642 e. The van der Waals surface area contributed by atoms with Crippen molar-refractivity contribution in [1.82, 2.24) is 9.88 Å². The van der Waals surface area contributed by atoms with E-state index in [1.165, 1.54) is 5.69 Å². The van der Waals surface area contributed by atoms with E-state index in [1.807, 2.05) is 32.2 Å². The number of morpholine rings is 1. The van der Waals surface area contributed by atoms with Gasteiger partial charge in [0.2, 0.25) is 0 Å². The van der Waals surface area contributed by atoms with Crippen LogP contribution in [-0.2, 0) is 4.74 Å². The molecule has 1 saturated heterocycles. The van der Waals surface area contributed by atoms with Crippen LogP contribution in [0.2, 0.25) is 0 Å². The third kappa shape index (κ3) is 6.03. The molecular formula is C15H27N3O. The van der Waals surface area contributed by atoms with Gasteiger partial charge in [0.15, 0.2) is 0 Å². The minimum atomic E-state index is 0.503. The Kier molecular flexibility index (Phi) is 6.81. The molecule has 1 aromatic heterocycles. The van der Waals surface area contributed by atoms with Crippen molar-refractivity contribution < 1.29 is 4.74 Å². The van der Waals surface area contributed by atoms with Gasteiger partial charge in [-0.15, -0.1) is 0 Å². The fourth-order valence-electron chi connectivity index (χ4n) is 1.75. The van der Waals surface area contributed by atoms with E-state index in [0.717, 1.165) is 32.0 Å². The first kappa shape index (κ1) is 15.9. The van der Waals surface area contributed by atoms with Crippen molar-refractivity contribution in [3.63, 3.8) is 0 Å². The number of pyridine rings is 1. The van der Waals surface area contributed by atoms with Crippen molar-refractivity contribution in [2.45, 2.75) is 19.8 Å². The molecule has 1 aliphatic heterocycles. The van der Waals surface area contributed by atoms with Gasteiger partial charge >= 0.3 is 0 Å². The second-order valence-electron chi connectivity index (χ2n) is 5.54. The molecule has 0 bridgehead atoms. The fourth-order valence-corrected chi connectivity index (χ4v) is 1.75. The second kappa shape index (κ2) is 8.12. The first-order chi connectivity index (χ1) is 9.00. The summed E-state index contributed by atoms with van der Waals surface area (Å²) in [6.45, 7) is 7.93. The topological polar surface area (TPSA) is 28.6 Å². The van der Waals surface area contributed by atoms with Crippen LogP contribution in [0.25, 0.3) is 0 Å². The number of ether oxygens (including phenoxy) is 1. The Hall–Kier alpha value is -1.13. The van der Waals surface area contributed by atoms with E-state index in [2.05, 4.69) is 35.9 Å². The number of aromatic nitrogens is 1. The Balaban J connectivity index is 0.000000399. The number of nitrogens with zero attached hydrogens (tertiary/aromatic N) is 3. The van der Waals surface area contributed by atoms with E-state index in [0.29, 0.717) is 5.92 Å². The van der Waals surface area contributed by atoms with E-state index >= 15 is 0 Å². The Morgan fingerprint density at radius 3 is 2.16 bits per heavy atom. The minimum Gasteiger partial charge on any atom is -0.378 e. The lowest BCUT2D eigenvalue weighted by Gasteiger charge is -2.28. The van der Waals surface area contributed by atoms with Gasteiger partial charge in [-0.3, -0.25) is 4.98 Å². The summed E-state index contributed by atoms with van der Waals surface area (Å²) in [4.78, 5) is 8.79. The first-order valence-corrected chi connectivity index (χ1v) is 6.90. The van der Waals surface area contributed by atoms with Crippen LogP contribution in [-0.4, -0.2) is 57.3 Å². The van der Waals surface area contributed by atoms with Crippen LogP contribution in [0.15, 0.2) is 18.3 Å². The minimum absolute atomic E-state index is 0.503. The quantitative estimate of drug-likeness (QED) is 0.820. The van der Waals surface area contributed by atoms with Crippen molar-refractivity contribution in [2.24, 2.45) is 0 Å². The molecule has 19 heavy (non-hydrogen) atoms. The molecule has 0 atom stereocenters. The fraction of sp³-hybridized carbons (Fsp3) is 0.667. The van der Waals surface area contributed by atoms with Crippen molar-refractivity contribution in [3.8, 4) is 0 Å². The molecule has 0 N–H and O–H groups in total. The maximum Gasteiger partial charge on any atom is 0.0642 e. The van der Waals surface area contributed by atoms with Crippen molar-refractivity contribution >= 4 is 5.69 Å². The molecule has 4 nitrogen and oxygen atoms in total. The first-order valence-electron chi connectivity index (χ1n) is 6.90. The summed E-state index contributed by atoms with van der Waals surface area (Å²) in [5.74, 6) is 0.503. The summed E-state index contributed by atoms with van der Waals surface area (Å²) >= 11 is 0. The zero-order chi connectivity index (χ0) is 14.3. The average Bonchev–Trinajstić information content (AvgIpc) is 2.39. The van der Waals surface area contributed by atoms with Crippen molar-refractivity contribution in [3.05, 3.63) is 24.0 Å². The highest BCUT2D eigenvalue weighted by Gasteiger charge is 2.11. The molecule has 0 unspecified atom stereocenters. The highest BCUT2D eigenvalue weighted by atomic mass is 16.5. The standard InChI is InChI=1S/C12H18N2O.C3H9N/c1-10(2)12-4-3-11(9-13-12)14-5-7-15-8-6-14;1-4(2)3/h3-4,9-10H,5-8H2,1-2H3;1-3H3. The Morgan fingerprint density at radius 1 is 1.16 bits per heavy atom. The predicted molar refractivity (Wildman–Crippen MR) is 81.0 cm³/mol. The predicted octanol–water partition coefficient (Wildman–Crippen LogP) is 2.22. The van der Waals surface area contributed by atoms with Gasteiger partial charge in [0, 0.05) is 18.8 Å². The highest BCUT2D eigenvalue weighted by molar-refractivity contribution is 5.45. The van der Waals surface area contributed by atoms with Gasteiger partial charge in [-0.25, -0.2) is 0 Å². The van der Waals surface area contributed by atoms with Gasteiger partial charge in [-0.1, -0.05) is 13.8 Å². The van der Waals surface area contributed by atoms with Crippen LogP contribution >= 0.6 is 0 Å². The molecule has 4 heteroatoms. The lowest BCUT2D eigenvalue weighted by molar-refractivity contribution is 0.122. The lowest BCUT2D eigenvalue weighted by Crippen LogP contribution is -2.36.